The van der Waals surface area contributed by atoms with E-state index in [-0.39, 0.29) is 29.2 Å². The number of hydrogen-bond donors (Lipinski definition) is 2. The van der Waals surface area contributed by atoms with Crippen LogP contribution < -0.4 is 0 Å². The number of fused-ring (bicyclic) bond motifs is 4. The summed E-state index contributed by atoms with van der Waals surface area (Å²) in [7, 11) is 0. The number of allylic oxidation sites excluding steroid dienone is 1. The number of aliphatic hydroxyl groups excluding tert-OH is 1. The van der Waals surface area contributed by atoms with Crippen LogP contribution in [0.1, 0.15) is 41.6 Å². The van der Waals surface area contributed by atoms with Gasteiger partial charge in [-0.3, -0.25) is 10.0 Å². The molecule has 1 saturated carbocycles. The number of benzene rings is 1. The fourth-order valence-corrected chi connectivity index (χ4v) is 3.82. The Morgan fingerprint density at radius 2 is 1.80 bits per heavy atom. The molecule has 1 fully saturated rings. The molecule has 2 aliphatic carbocycles. The normalized spacial score (nSPS) is 28.3. The van der Waals surface area contributed by atoms with E-state index in [0.717, 1.165) is 36.0 Å². The van der Waals surface area contributed by atoms with E-state index in [4.69, 9.17) is 0 Å². The molecule has 20 heavy (non-hydrogen) atoms. The molecule has 1 aliphatic heterocycles. The van der Waals surface area contributed by atoms with Crippen molar-refractivity contribution in [3.63, 3.8) is 0 Å². The van der Waals surface area contributed by atoms with Gasteiger partial charge in [-0.2, -0.15) is 0 Å². The lowest BCUT2D eigenvalue weighted by Gasteiger charge is -2.29. The highest BCUT2D eigenvalue weighted by Gasteiger charge is 2.52. The fraction of sp³-hybridized carbons (Fsp3) is 0.375. The monoisotopic (exact) mass is 270 g/mol. The third kappa shape index (κ3) is 1.31. The van der Waals surface area contributed by atoms with Gasteiger partial charge < -0.3 is 5.11 Å². The number of aliphatic hydroxyl groups is 1. The molecule has 2 unspecified atom stereocenters. The van der Waals surface area contributed by atoms with Gasteiger partial charge in [-0.15, -0.1) is 0 Å². The Balaban J connectivity index is 2.00. The molecule has 0 bridgehead atoms. The van der Waals surface area contributed by atoms with Crippen LogP contribution >= 0.6 is 0 Å². The van der Waals surface area contributed by atoms with Crippen molar-refractivity contribution >= 4 is 17.1 Å². The van der Waals surface area contributed by atoms with Crippen LogP contribution in [0.2, 0.25) is 0 Å². The lowest BCUT2D eigenvalue weighted by Crippen LogP contribution is -2.43. The number of nitrogens with zero attached hydrogens (tertiary/aromatic N) is 1. The average Bonchev–Trinajstić information content (AvgIpc) is 2.79. The molecule has 0 saturated heterocycles. The van der Waals surface area contributed by atoms with Crippen LogP contribution in [0, 0.1) is 5.92 Å². The minimum absolute atomic E-state index is 0.0635. The van der Waals surface area contributed by atoms with E-state index in [1.54, 1.807) is 12.1 Å². The molecule has 4 rings (SSSR count). The zero-order chi connectivity index (χ0) is 13.9. The number of hydrogen-bond acceptors (Lipinski definition) is 3. The van der Waals surface area contributed by atoms with Crippen LogP contribution in [0.25, 0.3) is 5.57 Å². The summed E-state index contributed by atoms with van der Waals surface area (Å²) in [5, 5.41) is 21.1. The maximum atomic E-state index is 12.5. The average molecular weight is 270 g/mol. The van der Waals surface area contributed by atoms with Gasteiger partial charge in [-0.05, 0) is 17.6 Å². The van der Waals surface area contributed by atoms with E-state index in [9.17, 15) is 15.1 Å². The largest absolute Gasteiger partial charge is 0.511 e. The molecular weight excluding hydrogens is 254 g/mol. The second kappa shape index (κ2) is 3.95. The highest BCUT2D eigenvalue weighted by molar-refractivity contribution is 6.63. The summed E-state index contributed by atoms with van der Waals surface area (Å²) in [6.07, 6.45) is 3.75. The Morgan fingerprint density at radius 1 is 1.10 bits per heavy atom. The first kappa shape index (κ1) is 11.7. The number of rotatable bonds is 0. The molecule has 0 amide bonds. The lowest BCUT2D eigenvalue weighted by atomic mass is 9.79. The van der Waals surface area contributed by atoms with Crippen molar-refractivity contribution in [1.82, 2.24) is 0 Å². The summed E-state index contributed by atoms with van der Waals surface area (Å²) in [6.45, 7) is 0. The van der Waals surface area contributed by atoms with Crippen molar-refractivity contribution < 1.29 is 19.8 Å². The van der Waals surface area contributed by atoms with Crippen molar-refractivity contribution in [2.24, 2.45) is 5.92 Å². The standard InChI is InChI=1S/C16H15NO3/c18-15-11-7-3-4-8-12(11)17(20)14-13(15)9-5-1-2-6-10(9)16(14)19/h1-2,5-6,11-12,20H,3-4,7-8H2/p+1. The summed E-state index contributed by atoms with van der Waals surface area (Å²) in [4.78, 5) is 12.5. The summed E-state index contributed by atoms with van der Waals surface area (Å²) < 4.78 is 1.13. The molecule has 0 radical (unpaired) electrons. The van der Waals surface area contributed by atoms with Gasteiger partial charge in [0.05, 0.1) is 5.92 Å². The van der Waals surface area contributed by atoms with Gasteiger partial charge in [0.15, 0.2) is 0 Å². The molecule has 102 valence electrons. The van der Waals surface area contributed by atoms with Crippen molar-refractivity contribution in [2.75, 3.05) is 0 Å². The first-order chi connectivity index (χ1) is 9.70. The maximum Gasteiger partial charge on any atom is 0.309 e. The minimum Gasteiger partial charge on any atom is -0.511 e. The molecule has 4 nitrogen and oxygen atoms in total. The van der Waals surface area contributed by atoms with Crippen LogP contribution in [-0.2, 0) is 0 Å². The number of hydroxylamine groups is 1. The number of carbonyl (C=O) groups is 1. The van der Waals surface area contributed by atoms with E-state index >= 15 is 0 Å². The minimum atomic E-state index is -0.186. The Bertz CT molecular complexity index is 687. The van der Waals surface area contributed by atoms with E-state index in [1.807, 2.05) is 12.1 Å². The van der Waals surface area contributed by atoms with E-state index in [0.29, 0.717) is 11.1 Å². The quantitative estimate of drug-likeness (QED) is 0.562. The van der Waals surface area contributed by atoms with Gasteiger partial charge in [0, 0.05) is 17.5 Å². The Hall–Kier alpha value is -2.10. The van der Waals surface area contributed by atoms with Gasteiger partial charge in [0.1, 0.15) is 11.3 Å². The van der Waals surface area contributed by atoms with Crippen molar-refractivity contribution in [3.8, 4) is 0 Å². The first-order valence-electron chi connectivity index (χ1n) is 7.13. The van der Waals surface area contributed by atoms with Gasteiger partial charge in [0.2, 0.25) is 6.04 Å². The SMILES string of the molecule is O=C1C2=[N+](O)C3CCCCC3C(O)=C2c2ccccc21. The van der Waals surface area contributed by atoms with Gasteiger partial charge >= 0.3 is 5.71 Å². The summed E-state index contributed by atoms with van der Waals surface area (Å²) >= 11 is 0. The van der Waals surface area contributed by atoms with Crippen molar-refractivity contribution in [2.45, 2.75) is 31.7 Å². The number of Topliss-reactive ketones (excluding diaryl/α,β-unsaturated/α-hetero) is 1. The highest BCUT2D eigenvalue weighted by Crippen LogP contribution is 2.42. The van der Waals surface area contributed by atoms with Crippen molar-refractivity contribution in [3.05, 3.63) is 41.2 Å². The molecule has 1 aromatic rings. The van der Waals surface area contributed by atoms with E-state index in [2.05, 4.69) is 0 Å². The lowest BCUT2D eigenvalue weighted by molar-refractivity contribution is -0.803. The Morgan fingerprint density at radius 3 is 2.60 bits per heavy atom. The Labute approximate surface area is 116 Å². The summed E-state index contributed by atoms with van der Waals surface area (Å²) in [6, 6.07) is 7.08. The number of carbonyl (C=O) groups excluding carboxylic acids is 1. The van der Waals surface area contributed by atoms with Gasteiger partial charge in [-0.1, -0.05) is 30.7 Å². The molecule has 0 spiro atoms. The predicted octanol–water partition coefficient (Wildman–Crippen LogP) is 2.57. The second-order valence-electron chi connectivity index (χ2n) is 5.79. The fourth-order valence-electron chi connectivity index (χ4n) is 3.82. The molecule has 3 aliphatic rings. The summed E-state index contributed by atoms with van der Waals surface area (Å²) in [5.41, 5.74) is 2.11. The molecule has 1 heterocycles. The molecule has 4 heteroatoms. The third-order valence-electron chi connectivity index (χ3n) is 4.77. The van der Waals surface area contributed by atoms with Crippen molar-refractivity contribution in [1.29, 1.82) is 0 Å². The highest BCUT2D eigenvalue weighted by atomic mass is 16.5. The summed E-state index contributed by atoms with van der Waals surface area (Å²) in [5.74, 6) is 0.0356. The van der Waals surface area contributed by atoms with Crippen LogP contribution in [0.3, 0.4) is 0 Å². The van der Waals surface area contributed by atoms with Gasteiger partial charge in [-0.25, -0.2) is 0 Å². The molecule has 0 aromatic heterocycles. The van der Waals surface area contributed by atoms with Crippen LogP contribution in [0.15, 0.2) is 30.0 Å². The zero-order valence-corrected chi connectivity index (χ0v) is 11.0. The van der Waals surface area contributed by atoms with Crippen LogP contribution in [0.4, 0.5) is 0 Å². The van der Waals surface area contributed by atoms with E-state index < -0.39 is 0 Å². The van der Waals surface area contributed by atoms with Crippen LogP contribution in [-0.4, -0.2) is 32.6 Å². The first-order valence-corrected chi connectivity index (χ1v) is 7.13. The Kier molecular flexibility index (Phi) is 2.31. The smallest absolute Gasteiger partial charge is 0.309 e. The molecule has 2 atom stereocenters. The zero-order valence-electron chi connectivity index (χ0n) is 11.0. The molecule has 1 aromatic carbocycles. The van der Waals surface area contributed by atoms with Gasteiger partial charge in [0.25, 0.3) is 5.78 Å². The maximum absolute atomic E-state index is 12.5. The number of ketones is 1. The molecular formula is C16H16NO3+. The topological polar surface area (TPSA) is 60.5 Å². The van der Waals surface area contributed by atoms with E-state index in [1.165, 1.54) is 0 Å². The predicted molar refractivity (Wildman–Crippen MR) is 73.1 cm³/mol. The van der Waals surface area contributed by atoms with Crippen LogP contribution in [0.5, 0.6) is 0 Å². The molecule has 2 N–H and O–H groups in total. The third-order valence-corrected chi connectivity index (χ3v) is 4.77. The second-order valence-corrected chi connectivity index (χ2v) is 5.79.